The maximum Gasteiger partial charge on any atom is 0.490 e. The predicted octanol–water partition coefficient (Wildman–Crippen LogP) is 2.50. The lowest BCUT2D eigenvalue weighted by molar-refractivity contribution is -0.192. The average Bonchev–Trinajstić information content (AvgIpc) is 3.36. The number of carbonyl (C=O) groups excluding carboxylic acids is 1. The summed E-state index contributed by atoms with van der Waals surface area (Å²) in [5.41, 5.74) is 0.718. The lowest BCUT2D eigenvalue weighted by Gasteiger charge is -2.39. The van der Waals surface area contributed by atoms with Gasteiger partial charge in [0.15, 0.2) is 0 Å². The molecule has 13 heteroatoms. The molecule has 168 valence electrons. The van der Waals surface area contributed by atoms with Crippen LogP contribution in [0.25, 0.3) is 0 Å². The van der Waals surface area contributed by atoms with Gasteiger partial charge in [-0.3, -0.25) is 9.78 Å². The van der Waals surface area contributed by atoms with E-state index in [9.17, 15) is 18.0 Å². The van der Waals surface area contributed by atoms with Gasteiger partial charge in [0, 0.05) is 19.3 Å². The number of nitrogens with zero attached hydrogens (tertiary/aromatic N) is 4. The van der Waals surface area contributed by atoms with Crippen molar-refractivity contribution in [3.05, 3.63) is 29.5 Å². The number of pyridine rings is 1. The molecule has 3 atom stereocenters. The molecule has 1 amide bonds. The van der Waals surface area contributed by atoms with Crippen molar-refractivity contribution in [2.45, 2.75) is 38.1 Å². The van der Waals surface area contributed by atoms with Crippen molar-refractivity contribution in [2.24, 2.45) is 5.92 Å². The maximum absolute atomic E-state index is 12.7. The predicted molar refractivity (Wildman–Crippen MR) is 105 cm³/mol. The number of aromatic nitrogens is 3. The van der Waals surface area contributed by atoms with Crippen molar-refractivity contribution in [3.63, 3.8) is 0 Å². The highest BCUT2D eigenvalue weighted by Gasteiger charge is 2.43. The molecule has 0 saturated carbocycles. The molecular formula is C18H20F3N5O4S. The number of halogens is 3. The number of ether oxygens (including phenoxy) is 1. The van der Waals surface area contributed by atoms with E-state index in [0.717, 1.165) is 35.3 Å². The van der Waals surface area contributed by atoms with Gasteiger partial charge >= 0.3 is 12.1 Å². The number of aliphatic carboxylic acids is 1. The molecule has 2 aliphatic heterocycles. The second kappa shape index (κ2) is 9.56. The molecule has 2 saturated heterocycles. The van der Waals surface area contributed by atoms with Gasteiger partial charge < -0.3 is 20.1 Å². The normalized spacial score (nSPS) is 22.8. The van der Waals surface area contributed by atoms with Gasteiger partial charge in [0.2, 0.25) is 11.0 Å². The van der Waals surface area contributed by atoms with Crippen LogP contribution in [-0.2, 0) is 14.3 Å². The van der Waals surface area contributed by atoms with Crippen molar-refractivity contribution >= 4 is 34.0 Å². The van der Waals surface area contributed by atoms with E-state index in [1.54, 1.807) is 23.7 Å². The van der Waals surface area contributed by atoms with Crippen LogP contribution in [0.5, 0.6) is 0 Å². The van der Waals surface area contributed by atoms with Crippen LogP contribution in [0.2, 0.25) is 0 Å². The number of aryl methyl sites for hydroxylation is 1. The van der Waals surface area contributed by atoms with Crippen molar-refractivity contribution in [1.29, 1.82) is 0 Å². The lowest BCUT2D eigenvalue weighted by atomic mass is 9.90. The van der Waals surface area contributed by atoms with E-state index in [1.807, 2.05) is 19.1 Å². The topological polar surface area (TPSA) is 118 Å². The summed E-state index contributed by atoms with van der Waals surface area (Å²) in [5.74, 6) is -2.90. The molecule has 2 aliphatic rings. The minimum atomic E-state index is -5.08. The van der Waals surface area contributed by atoms with Crippen LogP contribution in [-0.4, -0.2) is 63.6 Å². The monoisotopic (exact) mass is 459 g/mol. The van der Waals surface area contributed by atoms with E-state index in [-0.39, 0.29) is 17.9 Å². The summed E-state index contributed by atoms with van der Waals surface area (Å²) in [6.45, 7) is 3.33. The average molecular weight is 459 g/mol. The highest BCUT2D eigenvalue weighted by atomic mass is 32.1. The third-order valence-corrected chi connectivity index (χ3v) is 5.69. The van der Waals surface area contributed by atoms with Gasteiger partial charge in [-0.2, -0.15) is 13.2 Å². The number of carboxylic acids is 1. The Hall–Kier alpha value is -2.80. The molecule has 4 heterocycles. The van der Waals surface area contributed by atoms with Gasteiger partial charge in [0.05, 0.1) is 29.9 Å². The number of rotatable bonds is 3. The van der Waals surface area contributed by atoms with Crippen LogP contribution in [0.4, 0.5) is 24.0 Å². The number of hydrogen-bond acceptors (Lipinski definition) is 8. The number of alkyl halides is 3. The Morgan fingerprint density at radius 2 is 2.10 bits per heavy atom. The number of piperidine rings is 1. The van der Waals surface area contributed by atoms with E-state index in [0.29, 0.717) is 12.6 Å². The van der Waals surface area contributed by atoms with E-state index >= 15 is 0 Å². The molecule has 0 radical (unpaired) electrons. The third kappa shape index (κ3) is 5.88. The van der Waals surface area contributed by atoms with Gasteiger partial charge in [-0.1, -0.05) is 11.3 Å². The highest BCUT2D eigenvalue weighted by molar-refractivity contribution is 7.15. The van der Waals surface area contributed by atoms with Gasteiger partial charge in [0.25, 0.3) is 0 Å². The summed E-state index contributed by atoms with van der Waals surface area (Å²) in [6, 6.07) is 3.94. The molecule has 0 unspecified atom stereocenters. The highest BCUT2D eigenvalue weighted by Crippen LogP contribution is 2.36. The Kier molecular flexibility index (Phi) is 7.05. The molecule has 0 spiro atoms. The number of anilines is 2. The van der Waals surface area contributed by atoms with Gasteiger partial charge in [-0.05, 0) is 31.9 Å². The molecule has 4 rings (SSSR count). The van der Waals surface area contributed by atoms with E-state index in [1.165, 1.54) is 0 Å². The third-order valence-electron chi connectivity index (χ3n) is 4.81. The minimum absolute atomic E-state index is 0.00295. The van der Waals surface area contributed by atoms with E-state index in [2.05, 4.69) is 25.4 Å². The molecule has 2 fully saturated rings. The molecule has 2 aromatic heterocycles. The zero-order valence-electron chi connectivity index (χ0n) is 16.4. The van der Waals surface area contributed by atoms with Crippen molar-refractivity contribution in [2.75, 3.05) is 23.4 Å². The number of carbonyl (C=O) groups is 2. The van der Waals surface area contributed by atoms with Gasteiger partial charge in [0.1, 0.15) is 5.01 Å². The van der Waals surface area contributed by atoms with Crippen molar-refractivity contribution < 1.29 is 32.6 Å². The summed E-state index contributed by atoms with van der Waals surface area (Å²) in [5, 5.41) is 20.3. The number of fused-ring (bicyclic) bond motifs is 1. The van der Waals surface area contributed by atoms with Crippen LogP contribution in [0, 0.1) is 12.8 Å². The van der Waals surface area contributed by atoms with Crippen molar-refractivity contribution in [1.82, 2.24) is 15.2 Å². The minimum Gasteiger partial charge on any atom is -0.475 e. The van der Waals surface area contributed by atoms with E-state index < -0.39 is 12.1 Å². The molecule has 9 nitrogen and oxygen atoms in total. The lowest BCUT2D eigenvalue weighted by Crippen LogP contribution is -2.52. The van der Waals surface area contributed by atoms with Gasteiger partial charge in [-0.15, -0.1) is 10.2 Å². The fourth-order valence-electron chi connectivity index (χ4n) is 3.44. The fraction of sp³-hybridized carbons (Fsp3) is 0.500. The second-order valence-corrected chi connectivity index (χ2v) is 8.15. The molecule has 0 bridgehead atoms. The first-order chi connectivity index (χ1) is 14.6. The maximum atomic E-state index is 12.7. The first kappa shape index (κ1) is 22.9. The first-order valence-corrected chi connectivity index (χ1v) is 10.2. The molecule has 0 aliphatic carbocycles. The van der Waals surface area contributed by atoms with Crippen LogP contribution in [0.3, 0.4) is 0 Å². The molecular weight excluding hydrogens is 439 g/mol. The largest absolute Gasteiger partial charge is 0.490 e. The number of nitrogens with one attached hydrogen (secondary N) is 1. The van der Waals surface area contributed by atoms with Gasteiger partial charge in [-0.25, -0.2) is 4.79 Å². The molecule has 2 N–H and O–H groups in total. The van der Waals surface area contributed by atoms with Crippen LogP contribution < -0.4 is 10.2 Å². The Morgan fingerprint density at radius 1 is 1.35 bits per heavy atom. The first-order valence-electron chi connectivity index (χ1n) is 9.34. The second-order valence-electron chi connectivity index (χ2n) is 6.99. The Labute approximate surface area is 179 Å². The number of carboxylic acid groups (broad SMARTS) is 1. The summed E-state index contributed by atoms with van der Waals surface area (Å²) >= 11 is 1.57. The quantitative estimate of drug-likeness (QED) is 0.719. The van der Waals surface area contributed by atoms with Crippen LogP contribution >= 0.6 is 11.3 Å². The summed E-state index contributed by atoms with van der Waals surface area (Å²) in [4.78, 5) is 27.8. The zero-order chi connectivity index (χ0) is 22.6. The standard InChI is InChI=1S/C16H19N5O2S.C2HF3O2/c1-10-19-20-16(24-10)21-9-11(7-14-13(21)4-6-23-14)15(22)18-12-3-2-5-17-8-12;3-2(4,5)1(6)7/h2-3,5,8,11,13-14H,4,6-7,9H2,1H3,(H,18,22);(H,6,7)/t11-,13-,14-;/m1./s1. The summed E-state index contributed by atoms with van der Waals surface area (Å²) in [7, 11) is 0. The number of amides is 1. The summed E-state index contributed by atoms with van der Waals surface area (Å²) in [6.07, 6.45) is 0.0482. The Balaban J connectivity index is 0.000000339. The van der Waals surface area contributed by atoms with E-state index in [4.69, 9.17) is 14.6 Å². The van der Waals surface area contributed by atoms with Crippen LogP contribution in [0.1, 0.15) is 17.8 Å². The Bertz CT molecular complexity index is 911. The molecule has 2 aromatic rings. The SMILES string of the molecule is Cc1nnc(N2C[C@H](C(=O)Nc3cccnc3)C[C@H]3OCC[C@H]32)s1.O=C(O)C(F)(F)F. The Morgan fingerprint density at radius 3 is 2.68 bits per heavy atom. The summed E-state index contributed by atoms with van der Waals surface area (Å²) < 4.78 is 37.6. The number of hydrogen-bond donors (Lipinski definition) is 2. The zero-order valence-corrected chi connectivity index (χ0v) is 17.2. The fourth-order valence-corrected chi connectivity index (χ4v) is 4.19. The van der Waals surface area contributed by atoms with Crippen LogP contribution in [0.15, 0.2) is 24.5 Å². The molecule has 31 heavy (non-hydrogen) atoms. The molecule has 0 aromatic carbocycles. The smallest absolute Gasteiger partial charge is 0.475 e. The van der Waals surface area contributed by atoms with Crippen molar-refractivity contribution in [3.8, 4) is 0 Å².